The van der Waals surface area contributed by atoms with Gasteiger partial charge in [0, 0.05) is 6.42 Å². The van der Waals surface area contributed by atoms with Crippen LogP contribution in [0.3, 0.4) is 0 Å². The number of hydrogen-bond acceptors (Lipinski definition) is 4. The number of nitrogens with one attached hydrogen (secondary N) is 1. The van der Waals surface area contributed by atoms with E-state index in [0.29, 0.717) is 19.4 Å². The molecule has 0 aliphatic carbocycles. The fraction of sp³-hybridized carbons (Fsp3) is 0.800. The maximum Gasteiger partial charge on any atom is 0.328 e. The average molecular weight is 232 g/mol. The van der Waals surface area contributed by atoms with E-state index in [1.807, 2.05) is 6.92 Å². The molecule has 2 atom stereocenters. The van der Waals surface area contributed by atoms with Gasteiger partial charge in [0.15, 0.2) is 6.04 Å². The van der Waals surface area contributed by atoms with Crippen LogP contribution < -0.4 is 11.1 Å². The number of carboxylic acids is 1. The summed E-state index contributed by atoms with van der Waals surface area (Å²) in [6.45, 7) is 2.20. The molecule has 0 heterocycles. The van der Waals surface area contributed by atoms with Crippen molar-refractivity contribution in [2.24, 2.45) is 5.73 Å². The minimum atomic E-state index is -1.24. The van der Waals surface area contributed by atoms with E-state index in [4.69, 9.17) is 10.8 Å². The number of aliphatic hydroxyl groups is 1. The third-order valence-corrected chi connectivity index (χ3v) is 2.15. The molecule has 0 aliphatic rings. The molecule has 1 amide bonds. The van der Waals surface area contributed by atoms with Crippen LogP contribution >= 0.6 is 0 Å². The molecule has 0 saturated heterocycles. The molecule has 0 fully saturated rings. The summed E-state index contributed by atoms with van der Waals surface area (Å²) in [6, 6.07) is -1.24. The fourth-order valence-corrected chi connectivity index (χ4v) is 1.29. The Morgan fingerprint density at radius 2 is 2.06 bits per heavy atom. The number of nitrogens with two attached hydrogens (primary N) is 1. The minimum Gasteiger partial charge on any atom is -0.480 e. The van der Waals surface area contributed by atoms with Crippen molar-refractivity contribution in [3.63, 3.8) is 0 Å². The van der Waals surface area contributed by atoms with Crippen molar-refractivity contribution in [2.45, 2.75) is 44.8 Å². The summed E-state index contributed by atoms with van der Waals surface area (Å²) < 4.78 is 0. The molecule has 6 heteroatoms. The Kier molecular flexibility index (Phi) is 7.49. The summed E-state index contributed by atoms with van der Waals surface area (Å²) in [7, 11) is 0. The Morgan fingerprint density at radius 1 is 1.44 bits per heavy atom. The molecule has 0 aromatic heterocycles. The zero-order valence-corrected chi connectivity index (χ0v) is 9.48. The zero-order chi connectivity index (χ0) is 12.6. The quantitative estimate of drug-likeness (QED) is 0.449. The number of carboxylic acid groups (broad SMARTS) is 1. The first-order chi connectivity index (χ1) is 7.52. The van der Waals surface area contributed by atoms with Gasteiger partial charge in [-0.05, 0) is 25.8 Å². The molecule has 0 spiro atoms. The molecule has 0 rings (SSSR count). The van der Waals surface area contributed by atoms with Gasteiger partial charge < -0.3 is 21.3 Å². The van der Waals surface area contributed by atoms with Crippen LogP contribution in [0, 0.1) is 0 Å². The van der Waals surface area contributed by atoms with Crippen molar-refractivity contribution in [1.29, 1.82) is 0 Å². The van der Waals surface area contributed by atoms with Crippen molar-refractivity contribution in [2.75, 3.05) is 6.54 Å². The first-order valence-electron chi connectivity index (χ1n) is 5.43. The normalized spacial score (nSPS) is 14.2. The van der Waals surface area contributed by atoms with Crippen molar-refractivity contribution < 1.29 is 19.8 Å². The summed E-state index contributed by atoms with van der Waals surface area (Å²) >= 11 is 0. The third kappa shape index (κ3) is 5.67. The molecule has 0 aliphatic heterocycles. The van der Waals surface area contributed by atoms with Crippen molar-refractivity contribution in [1.82, 2.24) is 5.32 Å². The molecule has 0 bridgehead atoms. The largest absolute Gasteiger partial charge is 0.480 e. The van der Waals surface area contributed by atoms with Gasteiger partial charge in [-0.25, -0.2) is 4.79 Å². The molecule has 16 heavy (non-hydrogen) atoms. The monoisotopic (exact) mass is 232 g/mol. The summed E-state index contributed by atoms with van der Waals surface area (Å²) in [5.74, 6) is -1.59. The number of rotatable bonds is 8. The molecule has 2 unspecified atom stereocenters. The Morgan fingerprint density at radius 3 is 2.50 bits per heavy atom. The minimum absolute atomic E-state index is 0.257. The second-order valence-electron chi connectivity index (χ2n) is 3.63. The topological polar surface area (TPSA) is 113 Å². The van der Waals surface area contributed by atoms with E-state index in [2.05, 4.69) is 5.32 Å². The Labute approximate surface area is 94.8 Å². The van der Waals surface area contributed by atoms with Crippen LogP contribution in [0.4, 0.5) is 0 Å². The highest BCUT2D eigenvalue weighted by Gasteiger charge is 2.27. The Balaban J connectivity index is 4.25. The number of amides is 1. The molecule has 0 aromatic carbocycles. The van der Waals surface area contributed by atoms with Gasteiger partial charge in [0.05, 0.1) is 6.10 Å². The third-order valence-electron chi connectivity index (χ3n) is 2.15. The first-order valence-corrected chi connectivity index (χ1v) is 5.43. The van der Waals surface area contributed by atoms with Crippen LogP contribution in [0.5, 0.6) is 0 Å². The van der Waals surface area contributed by atoms with E-state index in [-0.39, 0.29) is 18.7 Å². The summed E-state index contributed by atoms with van der Waals surface area (Å²) in [4.78, 5) is 22.1. The number of aliphatic hydroxyl groups excluding tert-OH is 1. The molecule has 6 nitrogen and oxygen atoms in total. The molecule has 0 radical (unpaired) electrons. The van der Waals surface area contributed by atoms with Crippen LogP contribution in [0.25, 0.3) is 0 Å². The van der Waals surface area contributed by atoms with Crippen molar-refractivity contribution >= 4 is 11.9 Å². The van der Waals surface area contributed by atoms with Gasteiger partial charge in [0.1, 0.15) is 0 Å². The fourth-order valence-electron chi connectivity index (χ4n) is 1.29. The smallest absolute Gasteiger partial charge is 0.328 e. The predicted octanol–water partition coefficient (Wildman–Crippen LogP) is -0.544. The van der Waals surface area contributed by atoms with Gasteiger partial charge >= 0.3 is 5.97 Å². The lowest BCUT2D eigenvalue weighted by Gasteiger charge is -2.20. The summed E-state index contributed by atoms with van der Waals surface area (Å²) in [5, 5.41) is 20.7. The zero-order valence-electron chi connectivity index (χ0n) is 9.48. The van der Waals surface area contributed by atoms with E-state index in [1.54, 1.807) is 0 Å². The van der Waals surface area contributed by atoms with Gasteiger partial charge in [-0.2, -0.15) is 0 Å². The number of carbonyl (C=O) groups is 2. The van der Waals surface area contributed by atoms with E-state index in [1.165, 1.54) is 0 Å². The van der Waals surface area contributed by atoms with Gasteiger partial charge in [0.2, 0.25) is 5.91 Å². The molecule has 0 aromatic rings. The molecular weight excluding hydrogens is 212 g/mol. The first kappa shape index (κ1) is 14.9. The van der Waals surface area contributed by atoms with E-state index in [9.17, 15) is 14.7 Å². The van der Waals surface area contributed by atoms with Crippen molar-refractivity contribution in [3.8, 4) is 0 Å². The summed E-state index contributed by atoms with van der Waals surface area (Å²) in [5.41, 5.74) is 5.26. The highest BCUT2D eigenvalue weighted by molar-refractivity contribution is 5.83. The lowest BCUT2D eigenvalue weighted by atomic mass is 10.1. The van der Waals surface area contributed by atoms with Gasteiger partial charge in [-0.1, -0.05) is 6.92 Å². The number of hydrogen-bond donors (Lipinski definition) is 4. The van der Waals surface area contributed by atoms with Crippen LogP contribution in [-0.4, -0.2) is 40.8 Å². The maximum atomic E-state index is 11.2. The lowest BCUT2D eigenvalue weighted by molar-refractivity contribution is -0.145. The van der Waals surface area contributed by atoms with E-state index >= 15 is 0 Å². The van der Waals surface area contributed by atoms with Gasteiger partial charge in [0.25, 0.3) is 0 Å². The van der Waals surface area contributed by atoms with Gasteiger partial charge in [-0.15, -0.1) is 0 Å². The van der Waals surface area contributed by atoms with E-state index in [0.717, 1.165) is 0 Å². The maximum absolute atomic E-state index is 11.2. The standard InChI is InChI=1S/C10H20N2O4/c1-2-4-8(14)12-9(10(15)16)7(13)5-3-6-11/h7,9,13H,2-6,11H2,1H3,(H,12,14)(H,15,16). The van der Waals surface area contributed by atoms with Gasteiger partial charge in [-0.3, -0.25) is 4.79 Å². The second kappa shape index (κ2) is 8.06. The second-order valence-corrected chi connectivity index (χ2v) is 3.63. The molecule has 0 saturated carbocycles. The lowest BCUT2D eigenvalue weighted by Crippen LogP contribution is -2.48. The number of aliphatic carboxylic acids is 1. The van der Waals surface area contributed by atoms with Crippen LogP contribution in [0.1, 0.15) is 32.6 Å². The van der Waals surface area contributed by atoms with E-state index < -0.39 is 18.1 Å². The SMILES string of the molecule is CCCC(=O)NC(C(=O)O)C(O)CCCN. The molecule has 5 N–H and O–H groups in total. The van der Waals surface area contributed by atoms with Crippen molar-refractivity contribution in [3.05, 3.63) is 0 Å². The van der Waals surface area contributed by atoms with Crippen LogP contribution in [-0.2, 0) is 9.59 Å². The van der Waals surface area contributed by atoms with Crippen LogP contribution in [0.15, 0.2) is 0 Å². The Bertz CT molecular complexity index is 233. The average Bonchev–Trinajstić information content (AvgIpc) is 2.22. The predicted molar refractivity (Wildman–Crippen MR) is 58.8 cm³/mol. The highest BCUT2D eigenvalue weighted by atomic mass is 16.4. The summed E-state index contributed by atoms with van der Waals surface area (Å²) in [6.07, 6.45) is 0.584. The molecular formula is C10H20N2O4. The highest BCUT2D eigenvalue weighted by Crippen LogP contribution is 2.03. The van der Waals surface area contributed by atoms with Crippen LogP contribution in [0.2, 0.25) is 0 Å². The number of carbonyl (C=O) groups excluding carboxylic acids is 1. The molecule has 94 valence electrons. The Hall–Kier alpha value is -1.14.